The van der Waals surface area contributed by atoms with E-state index in [0.717, 1.165) is 38.4 Å². The highest BCUT2D eigenvalue weighted by atomic mass is 16.1. The number of likely N-dealkylation sites (N-methyl/N-ethyl adjacent to an activating group) is 1. The molecule has 3 aliphatic rings. The summed E-state index contributed by atoms with van der Waals surface area (Å²) < 4.78 is 0. The van der Waals surface area contributed by atoms with Crippen molar-refractivity contribution in [1.82, 2.24) is 15.1 Å². The van der Waals surface area contributed by atoms with Crippen molar-refractivity contribution >= 4 is 5.91 Å². The Bertz CT molecular complexity index is 349. The summed E-state index contributed by atoms with van der Waals surface area (Å²) in [6, 6.07) is 1.41. The number of nitrogens with two attached hydrogens (primary N) is 1. The number of amides is 1. The minimum atomic E-state index is -0.460. The SMILES string of the molecule is CNC1(C(N)=O)CCC(N2CCN(C3CC3)CC2)C1. The lowest BCUT2D eigenvalue weighted by Gasteiger charge is -2.38. The molecular weight excluding hydrogens is 240 g/mol. The second-order valence-corrected chi connectivity index (χ2v) is 6.40. The minimum absolute atomic E-state index is 0.186. The Balaban J connectivity index is 1.55. The van der Waals surface area contributed by atoms with Crippen LogP contribution in [0, 0.1) is 0 Å². The quantitative estimate of drug-likeness (QED) is 0.737. The van der Waals surface area contributed by atoms with E-state index >= 15 is 0 Å². The number of nitrogens with zero attached hydrogens (tertiary/aromatic N) is 2. The van der Waals surface area contributed by atoms with Crippen LogP contribution in [-0.4, -0.2) is 66.6 Å². The molecule has 0 aromatic carbocycles. The average Bonchev–Trinajstić information content (AvgIpc) is 3.18. The van der Waals surface area contributed by atoms with E-state index in [-0.39, 0.29) is 5.91 Å². The fourth-order valence-electron chi connectivity index (χ4n) is 3.81. The van der Waals surface area contributed by atoms with Crippen LogP contribution in [0.3, 0.4) is 0 Å². The zero-order chi connectivity index (χ0) is 13.5. The van der Waals surface area contributed by atoms with Gasteiger partial charge in [0.1, 0.15) is 0 Å². The number of primary amides is 1. The summed E-state index contributed by atoms with van der Waals surface area (Å²) in [4.78, 5) is 16.9. The number of nitrogens with one attached hydrogen (secondary N) is 1. The van der Waals surface area contributed by atoms with Gasteiger partial charge in [0, 0.05) is 38.3 Å². The third kappa shape index (κ3) is 2.51. The van der Waals surface area contributed by atoms with Gasteiger partial charge in [-0.2, -0.15) is 0 Å². The lowest BCUT2D eigenvalue weighted by Crippen LogP contribution is -2.54. The van der Waals surface area contributed by atoms with Gasteiger partial charge in [0.25, 0.3) is 0 Å². The second-order valence-electron chi connectivity index (χ2n) is 6.40. The Labute approximate surface area is 115 Å². The first kappa shape index (κ1) is 13.3. The van der Waals surface area contributed by atoms with Crippen molar-refractivity contribution in [3.8, 4) is 0 Å². The van der Waals surface area contributed by atoms with Crippen molar-refractivity contribution in [2.75, 3.05) is 33.2 Å². The molecule has 1 heterocycles. The molecule has 19 heavy (non-hydrogen) atoms. The lowest BCUT2D eigenvalue weighted by molar-refractivity contribution is -0.124. The summed E-state index contributed by atoms with van der Waals surface area (Å²) in [5.41, 5.74) is 5.12. The van der Waals surface area contributed by atoms with E-state index in [1.54, 1.807) is 0 Å². The summed E-state index contributed by atoms with van der Waals surface area (Å²) in [6.45, 7) is 4.70. The van der Waals surface area contributed by atoms with Crippen molar-refractivity contribution in [3.63, 3.8) is 0 Å². The van der Waals surface area contributed by atoms with E-state index in [9.17, 15) is 4.79 Å². The molecule has 0 spiro atoms. The molecule has 1 saturated heterocycles. The third-order valence-corrected chi connectivity index (χ3v) is 5.37. The van der Waals surface area contributed by atoms with Crippen LogP contribution in [0.1, 0.15) is 32.1 Å². The maximum atomic E-state index is 11.7. The van der Waals surface area contributed by atoms with Crippen molar-refractivity contribution in [1.29, 1.82) is 0 Å². The maximum absolute atomic E-state index is 11.7. The van der Waals surface area contributed by atoms with Crippen LogP contribution >= 0.6 is 0 Å². The number of rotatable bonds is 4. The Morgan fingerprint density at radius 1 is 1.11 bits per heavy atom. The molecule has 3 N–H and O–H groups in total. The maximum Gasteiger partial charge on any atom is 0.237 e. The molecule has 0 bridgehead atoms. The van der Waals surface area contributed by atoms with Crippen LogP contribution in [0.25, 0.3) is 0 Å². The lowest BCUT2D eigenvalue weighted by atomic mass is 9.96. The van der Waals surface area contributed by atoms with Gasteiger partial charge in [0.2, 0.25) is 5.91 Å². The summed E-state index contributed by atoms with van der Waals surface area (Å²) in [7, 11) is 1.86. The van der Waals surface area contributed by atoms with E-state index in [1.807, 2.05) is 7.05 Å². The topological polar surface area (TPSA) is 61.6 Å². The molecule has 108 valence electrons. The summed E-state index contributed by atoms with van der Waals surface area (Å²) in [5.74, 6) is -0.186. The zero-order valence-electron chi connectivity index (χ0n) is 11.9. The van der Waals surface area contributed by atoms with Crippen LogP contribution in [0.15, 0.2) is 0 Å². The summed E-state index contributed by atoms with van der Waals surface area (Å²) >= 11 is 0. The average molecular weight is 266 g/mol. The molecule has 0 aromatic heterocycles. The second kappa shape index (κ2) is 5.04. The molecule has 2 saturated carbocycles. The molecule has 0 aromatic rings. The monoisotopic (exact) mass is 266 g/mol. The largest absolute Gasteiger partial charge is 0.368 e. The fourth-order valence-corrected chi connectivity index (χ4v) is 3.81. The van der Waals surface area contributed by atoms with Gasteiger partial charge >= 0.3 is 0 Å². The standard InChI is InChI=1S/C14H26N4O/c1-16-14(13(15)19)5-4-12(10-14)18-8-6-17(7-9-18)11-2-3-11/h11-12,16H,2-10H2,1H3,(H2,15,19). The van der Waals surface area contributed by atoms with E-state index in [1.165, 1.54) is 25.9 Å². The third-order valence-electron chi connectivity index (χ3n) is 5.37. The van der Waals surface area contributed by atoms with Gasteiger partial charge in [-0.05, 0) is 39.2 Å². The van der Waals surface area contributed by atoms with Crippen LogP contribution in [0.4, 0.5) is 0 Å². The van der Waals surface area contributed by atoms with E-state index < -0.39 is 5.54 Å². The molecule has 1 aliphatic heterocycles. The molecule has 2 aliphatic carbocycles. The molecular formula is C14H26N4O. The molecule has 5 heteroatoms. The Kier molecular flexibility index (Phi) is 3.53. The van der Waals surface area contributed by atoms with Crippen molar-refractivity contribution in [3.05, 3.63) is 0 Å². The number of hydrogen-bond donors (Lipinski definition) is 2. The van der Waals surface area contributed by atoms with Gasteiger partial charge in [-0.15, -0.1) is 0 Å². The van der Waals surface area contributed by atoms with E-state index in [4.69, 9.17) is 5.73 Å². The highest BCUT2D eigenvalue weighted by Gasteiger charge is 2.45. The first-order valence-corrected chi connectivity index (χ1v) is 7.61. The fraction of sp³-hybridized carbons (Fsp3) is 0.929. The van der Waals surface area contributed by atoms with Crippen LogP contribution < -0.4 is 11.1 Å². The number of carbonyl (C=O) groups excluding carboxylic acids is 1. The van der Waals surface area contributed by atoms with Gasteiger partial charge in [-0.3, -0.25) is 14.6 Å². The Morgan fingerprint density at radius 2 is 1.68 bits per heavy atom. The predicted octanol–water partition coefficient (Wildman–Crippen LogP) is -0.238. The summed E-state index contributed by atoms with van der Waals surface area (Å²) in [5, 5.41) is 3.17. The molecule has 2 unspecified atom stereocenters. The van der Waals surface area contributed by atoms with Gasteiger partial charge in [0.05, 0.1) is 5.54 Å². The van der Waals surface area contributed by atoms with Gasteiger partial charge < -0.3 is 11.1 Å². The smallest absolute Gasteiger partial charge is 0.237 e. The van der Waals surface area contributed by atoms with E-state index in [0.29, 0.717) is 6.04 Å². The minimum Gasteiger partial charge on any atom is -0.368 e. The molecule has 5 nitrogen and oxygen atoms in total. The summed E-state index contributed by atoms with van der Waals surface area (Å²) in [6.07, 6.45) is 5.64. The highest BCUT2D eigenvalue weighted by molar-refractivity contribution is 5.85. The van der Waals surface area contributed by atoms with Crippen LogP contribution in [-0.2, 0) is 4.79 Å². The number of carbonyl (C=O) groups is 1. The first-order valence-electron chi connectivity index (χ1n) is 7.61. The number of piperazine rings is 1. The first-order chi connectivity index (χ1) is 9.14. The van der Waals surface area contributed by atoms with Crippen molar-refractivity contribution in [2.24, 2.45) is 5.73 Å². The molecule has 0 radical (unpaired) electrons. The van der Waals surface area contributed by atoms with Gasteiger partial charge in [-0.1, -0.05) is 0 Å². The van der Waals surface area contributed by atoms with Crippen LogP contribution in [0.5, 0.6) is 0 Å². The Hall–Kier alpha value is -0.650. The molecule has 3 fully saturated rings. The molecule has 3 rings (SSSR count). The van der Waals surface area contributed by atoms with Crippen molar-refractivity contribution < 1.29 is 4.79 Å². The van der Waals surface area contributed by atoms with Crippen LogP contribution in [0.2, 0.25) is 0 Å². The normalized spacial score (nSPS) is 37.6. The predicted molar refractivity (Wildman–Crippen MR) is 74.8 cm³/mol. The van der Waals surface area contributed by atoms with Gasteiger partial charge in [-0.25, -0.2) is 0 Å². The van der Waals surface area contributed by atoms with Gasteiger partial charge in [0.15, 0.2) is 0 Å². The van der Waals surface area contributed by atoms with Crippen molar-refractivity contribution in [2.45, 2.75) is 49.7 Å². The highest BCUT2D eigenvalue weighted by Crippen LogP contribution is 2.34. The molecule has 2 atom stereocenters. The van der Waals surface area contributed by atoms with E-state index in [2.05, 4.69) is 15.1 Å². The zero-order valence-corrected chi connectivity index (χ0v) is 11.9. The number of hydrogen-bond acceptors (Lipinski definition) is 4. The molecule has 1 amide bonds. The Morgan fingerprint density at radius 3 is 2.11 bits per heavy atom.